The van der Waals surface area contributed by atoms with Crippen LogP contribution in [0.15, 0.2) is 6.07 Å². The maximum absolute atomic E-state index is 12.2. The van der Waals surface area contributed by atoms with E-state index >= 15 is 0 Å². The fourth-order valence-electron chi connectivity index (χ4n) is 0.879. The molecule has 72 valence electrons. The first-order chi connectivity index (χ1) is 5.93. The van der Waals surface area contributed by atoms with Gasteiger partial charge in [0.2, 0.25) is 0 Å². The average Bonchev–Trinajstić information content (AvgIpc) is 2.01. The van der Waals surface area contributed by atoms with Crippen molar-refractivity contribution in [2.75, 3.05) is 0 Å². The molecule has 0 aliphatic rings. The number of nitrogens with two attached hydrogens (primary N) is 1. The van der Waals surface area contributed by atoms with Crippen LogP contribution in [0.3, 0.4) is 0 Å². The van der Waals surface area contributed by atoms with Crippen LogP contribution in [0.25, 0.3) is 0 Å². The third-order valence-corrected chi connectivity index (χ3v) is 1.39. The third-order valence-electron chi connectivity index (χ3n) is 1.39. The Balaban J connectivity index is 3.16. The van der Waals surface area contributed by atoms with Gasteiger partial charge in [0, 0.05) is 6.54 Å². The van der Waals surface area contributed by atoms with Gasteiger partial charge in [-0.3, -0.25) is 0 Å². The molecule has 1 aromatic heterocycles. The summed E-state index contributed by atoms with van der Waals surface area (Å²) in [6.45, 7) is 1.38. The number of hydrogen-bond acceptors (Lipinski definition) is 3. The summed E-state index contributed by atoms with van der Waals surface area (Å²) in [6, 6.07) is 0.854. The SMILES string of the molecule is Cc1nc(CN)cc(C(F)(F)F)n1. The molecule has 1 heterocycles. The summed E-state index contributed by atoms with van der Waals surface area (Å²) < 4.78 is 36.5. The lowest BCUT2D eigenvalue weighted by molar-refractivity contribution is -0.141. The smallest absolute Gasteiger partial charge is 0.325 e. The molecule has 0 unspecified atom stereocenters. The first-order valence-electron chi connectivity index (χ1n) is 3.55. The molecule has 0 spiro atoms. The van der Waals surface area contributed by atoms with Crippen LogP contribution in [0.4, 0.5) is 13.2 Å². The number of rotatable bonds is 1. The summed E-state index contributed by atoms with van der Waals surface area (Å²) in [4.78, 5) is 6.99. The first kappa shape index (κ1) is 9.91. The lowest BCUT2D eigenvalue weighted by Crippen LogP contribution is -2.12. The quantitative estimate of drug-likeness (QED) is 0.727. The molecule has 0 amide bonds. The lowest BCUT2D eigenvalue weighted by Gasteiger charge is -2.07. The number of aromatic nitrogens is 2. The minimum Gasteiger partial charge on any atom is -0.325 e. The maximum atomic E-state index is 12.2. The van der Waals surface area contributed by atoms with Gasteiger partial charge in [-0.05, 0) is 13.0 Å². The first-order valence-corrected chi connectivity index (χ1v) is 3.55. The van der Waals surface area contributed by atoms with E-state index in [-0.39, 0.29) is 18.1 Å². The van der Waals surface area contributed by atoms with Gasteiger partial charge < -0.3 is 5.73 Å². The summed E-state index contributed by atoms with van der Waals surface area (Å²) in [5, 5.41) is 0. The van der Waals surface area contributed by atoms with Gasteiger partial charge in [0.1, 0.15) is 11.5 Å². The fraction of sp³-hybridized carbons (Fsp3) is 0.429. The molecule has 0 radical (unpaired) electrons. The Kier molecular flexibility index (Phi) is 2.51. The Morgan fingerprint density at radius 3 is 2.46 bits per heavy atom. The monoisotopic (exact) mass is 191 g/mol. The molecule has 0 saturated heterocycles. The second kappa shape index (κ2) is 3.29. The summed E-state index contributed by atoms with van der Waals surface area (Å²) in [7, 11) is 0. The summed E-state index contributed by atoms with van der Waals surface area (Å²) in [6.07, 6.45) is -4.43. The molecule has 0 aromatic carbocycles. The highest BCUT2D eigenvalue weighted by atomic mass is 19.4. The van der Waals surface area contributed by atoms with E-state index in [1.54, 1.807) is 0 Å². The molecular weight excluding hydrogens is 183 g/mol. The van der Waals surface area contributed by atoms with E-state index in [2.05, 4.69) is 9.97 Å². The van der Waals surface area contributed by atoms with Crippen molar-refractivity contribution >= 4 is 0 Å². The molecule has 3 nitrogen and oxygen atoms in total. The summed E-state index contributed by atoms with van der Waals surface area (Å²) in [5.41, 5.74) is 4.42. The third kappa shape index (κ3) is 2.38. The van der Waals surface area contributed by atoms with Crippen LogP contribution in [-0.2, 0) is 12.7 Å². The fourth-order valence-corrected chi connectivity index (χ4v) is 0.879. The molecule has 1 aromatic rings. The molecular formula is C7H8F3N3. The molecule has 0 saturated carbocycles. The van der Waals surface area contributed by atoms with Crippen LogP contribution in [0.5, 0.6) is 0 Å². The van der Waals surface area contributed by atoms with Gasteiger partial charge in [0.15, 0.2) is 0 Å². The average molecular weight is 191 g/mol. The maximum Gasteiger partial charge on any atom is 0.433 e. The van der Waals surface area contributed by atoms with Crippen LogP contribution in [0, 0.1) is 6.92 Å². The zero-order chi connectivity index (χ0) is 10.1. The minimum absolute atomic E-state index is 0.0214. The molecule has 0 fully saturated rings. The van der Waals surface area contributed by atoms with Gasteiger partial charge in [-0.1, -0.05) is 0 Å². The van der Waals surface area contributed by atoms with E-state index in [4.69, 9.17) is 5.73 Å². The molecule has 6 heteroatoms. The molecule has 13 heavy (non-hydrogen) atoms. The van der Waals surface area contributed by atoms with Crippen molar-refractivity contribution in [2.24, 2.45) is 5.73 Å². The Morgan fingerprint density at radius 1 is 1.38 bits per heavy atom. The number of aryl methyl sites for hydroxylation is 1. The standard InChI is InChI=1S/C7H8F3N3/c1-4-12-5(3-11)2-6(13-4)7(8,9)10/h2H,3,11H2,1H3. The largest absolute Gasteiger partial charge is 0.433 e. The highest BCUT2D eigenvalue weighted by molar-refractivity contribution is 5.13. The van der Waals surface area contributed by atoms with Crippen molar-refractivity contribution in [3.63, 3.8) is 0 Å². The van der Waals surface area contributed by atoms with Gasteiger partial charge in [0.05, 0.1) is 5.69 Å². The van der Waals surface area contributed by atoms with Crippen molar-refractivity contribution < 1.29 is 13.2 Å². The van der Waals surface area contributed by atoms with Gasteiger partial charge in [-0.2, -0.15) is 13.2 Å². The Morgan fingerprint density at radius 2 is 2.00 bits per heavy atom. The van der Waals surface area contributed by atoms with E-state index in [1.165, 1.54) is 6.92 Å². The Hall–Kier alpha value is -1.17. The topological polar surface area (TPSA) is 51.8 Å². The van der Waals surface area contributed by atoms with E-state index in [0.29, 0.717) is 0 Å². The highest BCUT2D eigenvalue weighted by Gasteiger charge is 2.33. The van der Waals surface area contributed by atoms with Crippen molar-refractivity contribution in [1.82, 2.24) is 9.97 Å². The molecule has 1 rings (SSSR count). The zero-order valence-corrected chi connectivity index (χ0v) is 6.89. The summed E-state index contributed by atoms with van der Waals surface area (Å²) in [5.74, 6) is 0.0790. The van der Waals surface area contributed by atoms with Gasteiger partial charge in [-0.25, -0.2) is 9.97 Å². The Bertz CT molecular complexity index is 308. The van der Waals surface area contributed by atoms with Crippen molar-refractivity contribution in [3.8, 4) is 0 Å². The minimum atomic E-state index is -4.43. The zero-order valence-electron chi connectivity index (χ0n) is 6.89. The van der Waals surface area contributed by atoms with Crippen LogP contribution in [-0.4, -0.2) is 9.97 Å². The number of halogens is 3. The van der Waals surface area contributed by atoms with Gasteiger partial charge in [0.25, 0.3) is 0 Å². The second-order valence-electron chi connectivity index (χ2n) is 2.49. The van der Waals surface area contributed by atoms with Crippen LogP contribution in [0.1, 0.15) is 17.2 Å². The number of nitrogens with zero attached hydrogens (tertiary/aromatic N) is 2. The van der Waals surface area contributed by atoms with Gasteiger partial charge >= 0.3 is 6.18 Å². The predicted octanol–water partition coefficient (Wildman–Crippen LogP) is 1.26. The Labute approximate surface area is 72.8 Å². The molecule has 2 N–H and O–H groups in total. The van der Waals surface area contributed by atoms with Crippen molar-refractivity contribution in [3.05, 3.63) is 23.3 Å². The van der Waals surface area contributed by atoms with E-state index in [0.717, 1.165) is 6.07 Å². The van der Waals surface area contributed by atoms with Gasteiger partial charge in [-0.15, -0.1) is 0 Å². The van der Waals surface area contributed by atoms with E-state index in [1.807, 2.05) is 0 Å². The molecule has 0 bridgehead atoms. The predicted molar refractivity (Wildman–Crippen MR) is 39.7 cm³/mol. The lowest BCUT2D eigenvalue weighted by atomic mass is 10.3. The van der Waals surface area contributed by atoms with E-state index in [9.17, 15) is 13.2 Å². The van der Waals surface area contributed by atoms with Crippen LogP contribution in [0.2, 0.25) is 0 Å². The van der Waals surface area contributed by atoms with Crippen LogP contribution < -0.4 is 5.73 Å². The van der Waals surface area contributed by atoms with E-state index < -0.39 is 11.9 Å². The van der Waals surface area contributed by atoms with Crippen molar-refractivity contribution in [2.45, 2.75) is 19.6 Å². The highest BCUT2D eigenvalue weighted by Crippen LogP contribution is 2.27. The van der Waals surface area contributed by atoms with Crippen molar-refractivity contribution in [1.29, 1.82) is 0 Å². The normalized spacial score (nSPS) is 11.8. The number of alkyl halides is 3. The molecule has 0 aliphatic carbocycles. The van der Waals surface area contributed by atoms with Crippen LogP contribution >= 0.6 is 0 Å². The molecule has 0 atom stereocenters. The molecule has 0 aliphatic heterocycles. The second-order valence-corrected chi connectivity index (χ2v) is 2.49. The summed E-state index contributed by atoms with van der Waals surface area (Å²) >= 11 is 0. The number of hydrogen-bond donors (Lipinski definition) is 1.